The van der Waals surface area contributed by atoms with Gasteiger partial charge in [0, 0.05) is 24.3 Å². The number of hydrogen-bond donors (Lipinski definition) is 2. The minimum absolute atomic E-state index is 0.403. The van der Waals surface area contributed by atoms with Crippen LogP contribution in [0.1, 0.15) is 35.3 Å². The Morgan fingerprint density at radius 1 is 1.47 bits per heavy atom. The molecule has 1 amide bonds. The van der Waals surface area contributed by atoms with Crippen molar-refractivity contribution in [3.8, 4) is 0 Å². The number of hydrogen-bond acceptors (Lipinski definition) is 4. The summed E-state index contributed by atoms with van der Waals surface area (Å²) in [7, 11) is 2.02. The van der Waals surface area contributed by atoms with E-state index in [0.29, 0.717) is 24.1 Å². The number of nitrogens with zero attached hydrogens (tertiary/aromatic N) is 2. The summed E-state index contributed by atoms with van der Waals surface area (Å²) in [6.07, 6.45) is 3.49. The second-order valence-corrected chi connectivity index (χ2v) is 5.32. The number of aromatic nitrogens is 1. The number of primary amides is 1. The van der Waals surface area contributed by atoms with E-state index < -0.39 is 5.91 Å². The van der Waals surface area contributed by atoms with Crippen molar-refractivity contribution in [3.63, 3.8) is 0 Å². The molecule has 1 fully saturated rings. The molecule has 1 aromatic rings. The van der Waals surface area contributed by atoms with Crippen LogP contribution in [0.4, 0.5) is 5.82 Å². The number of nitrogens with two attached hydrogens (primary N) is 2. The van der Waals surface area contributed by atoms with Gasteiger partial charge in [-0.1, -0.05) is 6.42 Å². The van der Waals surface area contributed by atoms with Crippen LogP contribution in [0.2, 0.25) is 0 Å². The van der Waals surface area contributed by atoms with Gasteiger partial charge >= 0.3 is 0 Å². The number of carbonyl (C=O) groups excluding carboxylic acids is 1. The van der Waals surface area contributed by atoms with Crippen molar-refractivity contribution in [3.05, 3.63) is 23.4 Å². The molecule has 4 N–H and O–H groups in total. The quantitative estimate of drug-likeness (QED) is 0.849. The molecule has 1 aliphatic rings. The van der Waals surface area contributed by atoms with E-state index in [1.54, 1.807) is 12.1 Å². The first kappa shape index (κ1) is 13.8. The molecule has 5 nitrogen and oxygen atoms in total. The van der Waals surface area contributed by atoms with Crippen molar-refractivity contribution in [2.24, 2.45) is 17.4 Å². The highest BCUT2D eigenvalue weighted by atomic mass is 16.1. The smallest absolute Gasteiger partial charge is 0.248 e. The average Bonchev–Trinajstić information content (AvgIpc) is 2.85. The molecule has 2 rings (SSSR count). The molecular weight excluding hydrogens is 240 g/mol. The number of aryl methyl sites for hydroxylation is 1. The molecule has 5 heteroatoms. The number of anilines is 1. The van der Waals surface area contributed by atoms with Gasteiger partial charge < -0.3 is 16.4 Å². The van der Waals surface area contributed by atoms with Crippen LogP contribution >= 0.6 is 0 Å². The van der Waals surface area contributed by atoms with Gasteiger partial charge in [0.1, 0.15) is 5.82 Å². The number of pyridine rings is 1. The van der Waals surface area contributed by atoms with Crippen molar-refractivity contribution in [2.75, 3.05) is 18.5 Å². The van der Waals surface area contributed by atoms with Crippen LogP contribution in [0.5, 0.6) is 0 Å². The molecule has 19 heavy (non-hydrogen) atoms. The van der Waals surface area contributed by atoms with E-state index in [1.165, 1.54) is 12.8 Å². The lowest BCUT2D eigenvalue weighted by Crippen LogP contribution is -2.38. The largest absolute Gasteiger partial charge is 0.366 e. The van der Waals surface area contributed by atoms with Crippen LogP contribution in [-0.4, -0.2) is 30.5 Å². The minimum Gasteiger partial charge on any atom is -0.366 e. The van der Waals surface area contributed by atoms with Crippen molar-refractivity contribution in [2.45, 2.75) is 32.2 Å². The molecule has 0 aliphatic heterocycles. The Kier molecular flexibility index (Phi) is 4.04. The van der Waals surface area contributed by atoms with Crippen molar-refractivity contribution >= 4 is 11.7 Å². The van der Waals surface area contributed by atoms with E-state index in [1.807, 2.05) is 14.0 Å². The van der Waals surface area contributed by atoms with Gasteiger partial charge in [-0.15, -0.1) is 0 Å². The number of amides is 1. The summed E-state index contributed by atoms with van der Waals surface area (Å²) in [5.74, 6) is 0.894. The van der Waals surface area contributed by atoms with Crippen molar-refractivity contribution in [1.82, 2.24) is 4.98 Å². The van der Waals surface area contributed by atoms with E-state index in [0.717, 1.165) is 17.9 Å². The third kappa shape index (κ3) is 2.87. The maximum atomic E-state index is 11.3. The molecule has 1 heterocycles. The Hall–Kier alpha value is -1.62. The average molecular weight is 262 g/mol. The first-order chi connectivity index (χ1) is 9.02. The van der Waals surface area contributed by atoms with Gasteiger partial charge in [-0.2, -0.15) is 0 Å². The van der Waals surface area contributed by atoms with Crippen LogP contribution < -0.4 is 16.4 Å². The lowest BCUT2D eigenvalue weighted by molar-refractivity contribution is 0.1000. The molecule has 1 aliphatic carbocycles. The maximum absolute atomic E-state index is 11.3. The third-order valence-electron chi connectivity index (χ3n) is 4.00. The second-order valence-electron chi connectivity index (χ2n) is 5.32. The van der Waals surface area contributed by atoms with Gasteiger partial charge in [-0.05, 0) is 44.4 Å². The van der Waals surface area contributed by atoms with Gasteiger partial charge in [-0.3, -0.25) is 4.79 Å². The van der Waals surface area contributed by atoms with E-state index in [2.05, 4.69) is 9.88 Å². The lowest BCUT2D eigenvalue weighted by Gasteiger charge is -2.30. The molecule has 0 radical (unpaired) electrons. The summed E-state index contributed by atoms with van der Waals surface area (Å²) < 4.78 is 0. The van der Waals surface area contributed by atoms with Gasteiger partial charge in [-0.25, -0.2) is 4.98 Å². The van der Waals surface area contributed by atoms with E-state index in [4.69, 9.17) is 11.5 Å². The van der Waals surface area contributed by atoms with Crippen LogP contribution in [0.3, 0.4) is 0 Å². The topological polar surface area (TPSA) is 85.2 Å². The van der Waals surface area contributed by atoms with Gasteiger partial charge in [0.05, 0.1) is 0 Å². The fourth-order valence-electron chi connectivity index (χ4n) is 2.95. The van der Waals surface area contributed by atoms with Gasteiger partial charge in [0.25, 0.3) is 0 Å². The Labute approximate surface area is 114 Å². The molecule has 1 saturated carbocycles. The molecule has 0 aromatic carbocycles. The fraction of sp³-hybridized carbons (Fsp3) is 0.571. The summed E-state index contributed by atoms with van der Waals surface area (Å²) >= 11 is 0. The first-order valence-electron chi connectivity index (χ1n) is 6.74. The molecule has 1 aromatic heterocycles. The zero-order valence-corrected chi connectivity index (χ0v) is 11.6. The molecule has 0 bridgehead atoms. The van der Waals surface area contributed by atoms with Crippen molar-refractivity contribution in [1.29, 1.82) is 0 Å². The molecule has 0 saturated heterocycles. The predicted octanol–water partition coefficient (Wildman–Crippen LogP) is 1.05. The zero-order valence-electron chi connectivity index (χ0n) is 11.6. The maximum Gasteiger partial charge on any atom is 0.248 e. The Balaban J connectivity index is 2.28. The highest BCUT2D eigenvalue weighted by molar-refractivity contribution is 5.93. The molecular formula is C14H22N4O. The number of carbonyl (C=O) groups is 1. The van der Waals surface area contributed by atoms with Crippen LogP contribution in [0.25, 0.3) is 0 Å². The van der Waals surface area contributed by atoms with E-state index >= 15 is 0 Å². The summed E-state index contributed by atoms with van der Waals surface area (Å²) in [6, 6.07) is 3.88. The van der Waals surface area contributed by atoms with Gasteiger partial charge in [0.15, 0.2) is 0 Å². The fourth-order valence-corrected chi connectivity index (χ4v) is 2.95. The molecule has 2 unspecified atom stereocenters. The van der Waals surface area contributed by atoms with E-state index in [-0.39, 0.29) is 0 Å². The van der Waals surface area contributed by atoms with E-state index in [9.17, 15) is 4.79 Å². The van der Waals surface area contributed by atoms with Crippen LogP contribution in [0.15, 0.2) is 12.1 Å². The summed E-state index contributed by atoms with van der Waals surface area (Å²) in [6.45, 7) is 2.57. The SMILES string of the molecule is Cc1cc(C(N)=O)cc(N(C)C2CCCC2CN)n1. The molecule has 0 spiro atoms. The Morgan fingerprint density at radius 2 is 2.21 bits per heavy atom. The Bertz CT molecular complexity index is 475. The monoisotopic (exact) mass is 262 g/mol. The Morgan fingerprint density at radius 3 is 2.84 bits per heavy atom. The summed E-state index contributed by atoms with van der Waals surface area (Å²) in [4.78, 5) is 18.0. The second kappa shape index (κ2) is 5.57. The van der Waals surface area contributed by atoms with Gasteiger partial charge in [0.2, 0.25) is 5.91 Å². The van der Waals surface area contributed by atoms with Crippen molar-refractivity contribution < 1.29 is 4.79 Å². The number of rotatable bonds is 4. The third-order valence-corrected chi connectivity index (χ3v) is 4.00. The summed E-state index contributed by atoms with van der Waals surface area (Å²) in [5, 5.41) is 0. The first-order valence-corrected chi connectivity index (χ1v) is 6.74. The van der Waals surface area contributed by atoms with Crippen LogP contribution in [0, 0.1) is 12.8 Å². The minimum atomic E-state index is -0.415. The zero-order chi connectivity index (χ0) is 14.0. The summed E-state index contributed by atoms with van der Waals surface area (Å²) in [5.41, 5.74) is 12.5. The molecule has 2 atom stereocenters. The molecule has 104 valence electrons. The predicted molar refractivity (Wildman–Crippen MR) is 76.1 cm³/mol. The standard InChI is InChI=1S/C14H22N4O/c1-9-6-11(14(16)19)7-13(17-9)18(2)12-5-3-4-10(12)8-15/h6-7,10,12H,3-5,8,15H2,1-2H3,(H2,16,19). The normalized spacial score (nSPS) is 22.5. The van der Waals surface area contributed by atoms with Crippen LogP contribution in [-0.2, 0) is 0 Å². The highest BCUT2D eigenvalue weighted by Gasteiger charge is 2.30. The lowest BCUT2D eigenvalue weighted by atomic mass is 10.0. The highest BCUT2D eigenvalue weighted by Crippen LogP contribution is 2.31.